The predicted molar refractivity (Wildman–Crippen MR) is 116 cm³/mol. The fourth-order valence-electron chi connectivity index (χ4n) is 4.88. The molecule has 2 rings (SSSR count). The number of ether oxygens (including phenoxy) is 1. The highest BCUT2D eigenvalue weighted by Crippen LogP contribution is 2.53. The Kier molecular flexibility index (Phi) is 9.29. The van der Waals surface area contributed by atoms with Crippen molar-refractivity contribution >= 4 is 5.97 Å². The molecule has 1 aliphatic carbocycles. The first kappa shape index (κ1) is 24.8. The molecule has 172 valence electrons. The lowest BCUT2D eigenvalue weighted by Gasteiger charge is -2.48. The summed E-state index contributed by atoms with van der Waals surface area (Å²) in [5.74, 6) is 0.00670. The SMILES string of the molecule is COCCN(C)Cc1noc([C@H](CCCC2(C(C)(C)C)CCCCC2)CC(=O)O)n1. The van der Waals surface area contributed by atoms with Gasteiger partial charge in [0.05, 0.1) is 19.6 Å². The zero-order chi connectivity index (χ0) is 22.2. The van der Waals surface area contributed by atoms with Gasteiger partial charge < -0.3 is 14.4 Å². The van der Waals surface area contributed by atoms with Gasteiger partial charge >= 0.3 is 5.97 Å². The van der Waals surface area contributed by atoms with E-state index < -0.39 is 5.97 Å². The van der Waals surface area contributed by atoms with E-state index in [0.29, 0.717) is 30.3 Å². The Morgan fingerprint density at radius 2 is 2.00 bits per heavy atom. The van der Waals surface area contributed by atoms with Gasteiger partial charge in [-0.1, -0.05) is 51.6 Å². The molecule has 0 radical (unpaired) electrons. The van der Waals surface area contributed by atoms with Crippen LogP contribution in [-0.2, 0) is 16.1 Å². The summed E-state index contributed by atoms with van der Waals surface area (Å²) >= 11 is 0. The molecule has 0 aliphatic heterocycles. The third-order valence-corrected chi connectivity index (χ3v) is 6.95. The van der Waals surface area contributed by atoms with E-state index in [2.05, 4.69) is 35.8 Å². The zero-order valence-corrected chi connectivity index (χ0v) is 19.6. The van der Waals surface area contributed by atoms with Gasteiger partial charge in [-0.15, -0.1) is 0 Å². The molecule has 0 unspecified atom stereocenters. The molecule has 1 fully saturated rings. The minimum atomic E-state index is -0.819. The summed E-state index contributed by atoms with van der Waals surface area (Å²) in [6, 6.07) is 0. The third-order valence-electron chi connectivity index (χ3n) is 6.95. The van der Waals surface area contributed by atoms with Gasteiger partial charge in [0.25, 0.3) is 0 Å². The highest BCUT2D eigenvalue weighted by molar-refractivity contribution is 5.67. The molecule has 1 aromatic rings. The Bertz CT molecular complexity index is 647. The third kappa shape index (κ3) is 7.05. The number of aromatic nitrogens is 2. The second-order valence-corrected chi connectivity index (χ2v) is 10.1. The van der Waals surface area contributed by atoms with Gasteiger partial charge in [-0.2, -0.15) is 4.98 Å². The molecule has 1 heterocycles. The molecule has 1 aliphatic rings. The van der Waals surface area contributed by atoms with Gasteiger partial charge in [0.1, 0.15) is 0 Å². The number of hydrogen-bond acceptors (Lipinski definition) is 6. The van der Waals surface area contributed by atoms with Gasteiger partial charge in [-0.3, -0.25) is 9.69 Å². The summed E-state index contributed by atoms with van der Waals surface area (Å²) in [7, 11) is 3.65. The number of rotatable bonds is 12. The van der Waals surface area contributed by atoms with E-state index in [1.54, 1.807) is 7.11 Å². The van der Waals surface area contributed by atoms with Crippen molar-refractivity contribution in [2.75, 3.05) is 27.3 Å². The zero-order valence-electron chi connectivity index (χ0n) is 19.6. The first-order valence-electron chi connectivity index (χ1n) is 11.4. The summed E-state index contributed by atoms with van der Waals surface area (Å²) in [4.78, 5) is 18.0. The molecule has 0 amide bonds. The second kappa shape index (κ2) is 11.2. The fraction of sp³-hybridized carbons (Fsp3) is 0.870. The monoisotopic (exact) mass is 423 g/mol. The van der Waals surface area contributed by atoms with E-state index in [4.69, 9.17) is 9.26 Å². The Labute approximate surface area is 181 Å². The van der Waals surface area contributed by atoms with E-state index in [-0.39, 0.29) is 17.8 Å². The van der Waals surface area contributed by atoms with Crippen molar-refractivity contribution in [2.45, 2.75) is 91.0 Å². The van der Waals surface area contributed by atoms with Crippen LogP contribution < -0.4 is 0 Å². The van der Waals surface area contributed by atoms with Crippen molar-refractivity contribution in [2.24, 2.45) is 10.8 Å². The molecule has 1 N–H and O–H groups in total. The number of carboxylic acid groups (broad SMARTS) is 1. The maximum atomic E-state index is 11.5. The Morgan fingerprint density at radius 3 is 2.60 bits per heavy atom. The average Bonchev–Trinajstić information content (AvgIpc) is 3.13. The normalized spacial score (nSPS) is 17.9. The van der Waals surface area contributed by atoms with E-state index >= 15 is 0 Å². The summed E-state index contributed by atoms with van der Waals surface area (Å²) in [6.07, 6.45) is 9.42. The van der Waals surface area contributed by atoms with Gasteiger partial charge in [0.2, 0.25) is 5.89 Å². The van der Waals surface area contributed by atoms with Crippen LogP contribution in [0.3, 0.4) is 0 Å². The summed E-state index contributed by atoms with van der Waals surface area (Å²) < 4.78 is 10.6. The van der Waals surface area contributed by atoms with Crippen molar-refractivity contribution in [3.8, 4) is 0 Å². The number of methoxy groups -OCH3 is 1. The van der Waals surface area contributed by atoms with Gasteiger partial charge in [0.15, 0.2) is 5.82 Å². The lowest BCUT2D eigenvalue weighted by molar-refractivity contribution is -0.137. The maximum absolute atomic E-state index is 11.5. The first-order valence-corrected chi connectivity index (χ1v) is 11.4. The summed E-state index contributed by atoms with van der Waals surface area (Å²) in [5.41, 5.74) is 0.614. The Morgan fingerprint density at radius 1 is 1.30 bits per heavy atom. The van der Waals surface area contributed by atoms with E-state index in [1.165, 1.54) is 32.1 Å². The first-order chi connectivity index (χ1) is 14.2. The van der Waals surface area contributed by atoms with Crippen molar-refractivity contribution in [1.29, 1.82) is 0 Å². The molecule has 30 heavy (non-hydrogen) atoms. The van der Waals surface area contributed by atoms with Gasteiger partial charge in [0, 0.05) is 19.6 Å². The van der Waals surface area contributed by atoms with Crippen LogP contribution in [0.5, 0.6) is 0 Å². The number of likely N-dealkylation sites (N-methyl/N-ethyl adjacent to an activating group) is 1. The maximum Gasteiger partial charge on any atom is 0.304 e. The quantitative estimate of drug-likeness (QED) is 0.513. The van der Waals surface area contributed by atoms with Crippen LogP contribution in [0.1, 0.15) is 96.2 Å². The van der Waals surface area contributed by atoms with Crippen molar-refractivity contribution in [3.63, 3.8) is 0 Å². The number of aliphatic carboxylic acids is 1. The molecule has 7 heteroatoms. The van der Waals surface area contributed by atoms with Crippen molar-refractivity contribution < 1.29 is 19.2 Å². The molecule has 0 saturated heterocycles. The largest absolute Gasteiger partial charge is 0.481 e. The smallest absolute Gasteiger partial charge is 0.304 e. The fourth-order valence-corrected chi connectivity index (χ4v) is 4.88. The predicted octanol–water partition coefficient (Wildman–Crippen LogP) is 4.87. The number of carbonyl (C=O) groups is 1. The van der Waals surface area contributed by atoms with Crippen LogP contribution in [0, 0.1) is 10.8 Å². The van der Waals surface area contributed by atoms with Crippen LogP contribution in [0.25, 0.3) is 0 Å². The molecular formula is C23H41N3O4. The molecule has 0 aromatic carbocycles. The van der Waals surface area contributed by atoms with Crippen molar-refractivity contribution in [3.05, 3.63) is 11.7 Å². The minimum Gasteiger partial charge on any atom is -0.481 e. The summed E-state index contributed by atoms with van der Waals surface area (Å²) in [5, 5.41) is 13.5. The van der Waals surface area contributed by atoms with Gasteiger partial charge in [-0.25, -0.2) is 0 Å². The van der Waals surface area contributed by atoms with Crippen LogP contribution in [0.2, 0.25) is 0 Å². The Balaban J connectivity index is 2.00. The second-order valence-electron chi connectivity index (χ2n) is 10.1. The van der Waals surface area contributed by atoms with E-state index in [1.807, 2.05) is 7.05 Å². The van der Waals surface area contributed by atoms with Crippen LogP contribution >= 0.6 is 0 Å². The van der Waals surface area contributed by atoms with E-state index in [0.717, 1.165) is 25.8 Å². The number of hydrogen-bond donors (Lipinski definition) is 1. The minimum absolute atomic E-state index is 0.0314. The topological polar surface area (TPSA) is 88.7 Å². The molecule has 0 spiro atoms. The average molecular weight is 424 g/mol. The lowest BCUT2D eigenvalue weighted by atomic mass is 9.57. The standard InChI is InChI=1S/C23H41N3O4/c1-22(2,3)23(11-7-6-8-12-23)13-9-10-18(16-20(27)28)21-24-19(25-30-21)17-26(4)14-15-29-5/h18H,6-17H2,1-5H3,(H,27,28)/t18-/m1/s1. The van der Waals surface area contributed by atoms with Crippen LogP contribution in [0.15, 0.2) is 4.52 Å². The van der Waals surface area contributed by atoms with Crippen LogP contribution in [0.4, 0.5) is 0 Å². The molecular weight excluding hydrogens is 382 g/mol. The van der Waals surface area contributed by atoms with Crippen molar-refractivity contribution in [1.82, 2.24) is 15.0 Å². The molecule has 1 aromatic heterocycles. The lowest BCUT2D eigenvalue weighted by Crippen LogP contribution is -2.37. The molecule has 1 atom stereocenters. The van der Waals surface area contributed by atoms with Crippen LogP contribution in [-0.4, -0.2) is 53.4 Å². The highest BCUT2D eigenvalue weighted by atomic mass is 16.5. The van der Waals surface area contributed by atoms with Gasteiger partial charge in [-0.05, 0) is 43.6 Å². The number of carboxylic acids is 1. The van der Waals surface area contributed by atoms with E-state index in [9.17, 15) is 9.90 Å². The summed E-state index contributed by atoms with van der Waals surface area (Å²) in [6.45, 7) is 9.04. The molecule has 7 nitrogen and oxygen atoms in total. The number of nitrogens with zero attached hydrogens (tertiary/aromatic N) is 3. The molecule has 1 saturated carbocycles. The highest BCUT2D eigenvalue weighted by Gasteiger charge is 2.41. The molecule has 0 bridgehead atoms. The Hall–Kier alpha value is -1.47.